The first-order valence-electron chi connectivity index (χ1n) is 5.81. The van der Waals surface area contributed by atoms with Crippen molar-refractivity contribution in [3.8, 4) is 0 Å². The fourth-order valence-electron chi connectivity index (χ4n) is 3.10. The third kappa shape index (κ3) is 2.31. The number of rotatable bonds is 1. The Morgan fingerprint density at radius 1 is 1.47 bits per heavy atom. The molecule has 0 aromatic heterocycles. The Kier molecular flexibility index (Phi) is 3.57. The molecule has 0 radical (unpaired) electrons. The summed E-state index contributed by atoms with van der Waals surface area (Å²) >= 11 is 2.44. The lowest BCUT2D eigenvalue weighted by molar-refractivity contribution is 0.0898. The molecule has 88 valence electrons. The first-order chi connectivity index (χ1) is 7.03. The second-order valence-corrected chi connectivity index (χ2v) is 6.92. The summed E-state index contributed by atoms with van der Waals surface area (Å²) in [4.78, 5) is 2.46. The van der Waals surface area contributed by atoms with Gasteiger partial charge in [0.15, 0.2) is 0 Å². The van der Waals surface area contributed by atoms with Crippen molar-refractivity contribution >= 4 is 22.6 Å². The molecule has 2 unspecified atom stereocenters. The molecular formula is C11H20FIN2. The maximum Gasteiger partial charge on any atom is 0.102 e. The zero-order chi connectivity index (χ0) is 11.1. The van der Waals surface area contributed by atoms with E-state index in [-0.39, 0.29) is 11.5 Å². The van der Waals surface area contributed by atoms with Crippen molar-refractivity contribution < 1.29 is 4.39 Å². The van der Waals surface area contributed by atoms with Crippen molar-refractivity contribution in [2.45, 2.75) is 48.9 Å². The van der Waals surface area contributed by atoms with Crippen LogP contribution in [0.15, 0.2) is 0 Å². The molecule has 4 heteroatoms. The van der Waals surface area contributed by atoms with Gasteiger partial charge in [-0.3, -0.25) is 4.90 Å². The highest BCUT2D eigenvalue weighted by Gasteiger charge is 2.47. The largest absolute Gasteiger partial charge is 0.327 e. The molecule has 2 aliphatic rings. The van der Waals surface area contributed by atoms with E-state index in [9.17, 15) is 4.39 Å². The van der Waals surface area contributed by atoms with Gasteiger partial charge in [-0.25, -0.2) is 4.39 Å². The van der Waals surface area contributed by atoms with Gasteiger partial charge in [-0.05, 0) is 51.1 Å². The van der Waals surface area contributed by atoms with Crippen LogP contribution in [-0.2, 0) is 0 Å². The van der Waals surface area contributed by atoms with E-state index in [2.05, 4.69) is 34.4 Å². The summed E-state index contributed by atoms with van der Waals surface area (Å²) in [6, 6.07) is 0.0965. The molecule has 1 aliphatic heterocycles. The van der Waals surface area contributed by atoms with Gasteiger partial charge in [-0.15, -0.1) is 0 Å². The predicted octanol–water partition coefficient (Wildman–Crippen LogP) is 2.31. The molecule has 1 saturated carbocycles. The summed E-state index contributed by atoms with van der Waals surface area (Å²) < 4.78 is 13.9. The summed E-state index contributed by atoms with van der Waals surface area (Å²) in [6.45, 7) is 4.39. The van der Waals surface area contributed by atoms with E-state index in [1.807, 2.05) is 0 Å². The molecule has 2 N–H and O–H groups in total. The van der Waals surface area contributed by atoms with Crippen molar-refractivity contribution in [1.82, 2.24) is 4.90 Å². The highest BCUT2D eigenvalue weighted by Crippen LogP contribution is 2.46. The molecule has 0 amide bonds. The Labute approximate surface area is 105 Å². The van der Waals surface area contributed by atoms with E-state index < -0.39 is 6.17 Å². The molecule has 15 heavy (non-hydrogen) atoms. The summed E-state index contributed by atoms with van der Waals surface area (Å²) in [5, 5.41) is 0. The zero-order valence-electron chi connectivity index (χ0n) is 9.26. The molecule has 1 aliphatic carbocycles. The van der Waals surface area contributed by atoms with E-state index in [4.69, 9.17) is 5.73 Å². The fourth-order valence-corrected chi connectivity index (χ4v) is 3.66. The van der Waals surface area contributed by atoms with Gasteiger partial charge >= 0.3 is 0 Å². The van der Waals surface area contributed by atoms with Crippen molar-refractivity contribution in [2.24, 2.45) is 11.1 Å². The van der Waals surface area contributed by atoms with Crippen molar-refractivity contribution in [2.75, 3.05) is 13.1 Å². The van der Waals surface area contributed by atoms with Gasteiger partial charge in [-0.2, -0.15) is 0 Å². The third-order valence-corrected chi connectivity index (χ3v) is 5.01. The average Bonchev–Trinajstić information content (AvgIpc) is 2.42. The minimum atomic E-state index is -0.649. The van der Waals surface area contributed by atoms with Gasteiger partial charge in [0.1, 0.15) is 6.17 Å². The SMILES string of the molecule is CC(I)N1CCC2(CC1)CC(F)C[C@H]2N. The molecule has 1 spiro atoms. The van der Waals surface area contributed by atoms with Crippen LogP contribution < -0.4 is 5.73 Å². The molecule has 0 aromatic carbocycles. The number of piperidine rings is 1. The van der Waals surface area contributed by atoms with Crippen LogP contribution in [0, 0.1) is 5.41 Å². The summed E-state index contributed by atoms with van der Waals surface area (Å²) in [7, 11) is 0. The quantitative estimate of drug-likeness (QED) is 0.455. The number of nitrogens with two attached hydrogens (primary N) is 1. The second-order valence-electron chi connectivity index (χ2n) is 5.12. The van der Waals surface area contributed by atoms with Gasteiger partial charge in [0.05, 0.1) is 4.05 Å². The third-order valence-electron chi connectivity index (χ3n) is 4.22. The molecule has 2 nitrogen and oxygen atoms in total. The van der Waals surface area contributed by atoms with E-state index >= 15 is 0 Å². The summed E-state index contributed by atoms with van der Waals surface area (Å²) in [6.07, 6.45) is 2.81. The number of hydrogen-bond donors (Lipinski definition) is 1. The maximum atomic E-state index is 13.4. The molecule has 3 atom stereocenters. The van der Waals surface area contributed by atoms with E-state index in [1.54, 1.807) is 0 Å². The lowest BCUT2D eigenvalue weighted by Gasteiger charge is -2.42. The summed E-state index contributed by atoms with van der Waals surface area (Å²) in [5.41, 5.74) is 6.22. The Hall–Kier alpha value is 0.580. The standard InChI is InChI=1S/C11H20FIN2/c1-8(13)15-4-2-11(3-5-15)7-9(12)6-10(11)14/h8-10H,2-7,14H2,1H3/t8?,9?,10-/m1/s1. The van der Waals surface area contributed by atoms with Crippen LogP contribution in [0.2, 0.25) is 0 Å². The number of halogens is 2. The average molecular weight is 326 g/mol. The zero-order valence-corrected chi connectivity index (χ0v) is 11.4. The highest BCUT2D eigenvalue weighted by molar-refractivity contribution is 14.1. The molecule has 1 heterocycles. The van der Waals surface area contributed by atoms with Crippen LogP contribution in [0.1, 0.15) is 32.6 Å². The summed E-state index contributed by atoms with van der Waals surface area (Å²) in [5.74, 6) is 0. The number of likely N-dealkylation sites (tertiary alicyclic amines) is 1. The topological polar surface area (TPSA) is 29.3 Å². The molecule has 2 rings (SSSR count). The minimum Gasteiger partial charge on any atom is -0.327 e. The lowest BCUT2D eigenvalue weighted by atomic mass is 9.74. The van der Waals surface area contributed by atoms with Crippen LogP contribution in [0.3, 0.4) is 0 Å². The van der Waals surface area contributed by atoms with E-state index in [1.165, 1.54) is 0 Å². The van der Waals surface area contributed by atoms with Gasteiger partial charge < -0.3 is 5.73 Å². The monoisotopic (exact) mass is 326 g/mol. The Morgan fingerprint density at radius 3 is 2.47 bits per heavy atom. The number of alkyl halides is 2. The van der Waals surface area contributed by atoms with Gasteiger partial charge in [0.2, 0.25) is 0 Å². The van der Waals surface area contributed by atoms with Crippen LogP contribution >= 0.6 is 22.6 Å². The van der Waals surface area contributed by atoms with Gasteiger partial charge in [0.25, 0.3) is 0 Å². The minimum absolute atomic E-state index is 0.0965. The van der Waals surface area contributed by atoms with Gasteiger partial charge in [0, 0.05) is 6.04 Å². The molecule has 2 fully saturated rings. The highest BCUT2D eigenvalue weighted by atomic mass is 127. The second kappa shape index (κ2) is 4.45. The predicted molar refractivity (Wildman–Crippen MR) is 68.8 cm³/mol. The number of hydrogen-bond acceptors (Lipinski definition) is 2. The smallest absolute Gasteiger partial charge is 0.102 e. The molecule has 1 saturated heterocycles. The van der Waals surface area contributed by atoms with E-state index in [0.717, 1.165) is 25.9 Å². The lowest BCUT2D eigenvalue weighted by Crippen LogP contribution is -2.48. The first-order valence-corrected chi connectivity index (χ1v) is 7.06. The molecule has 0 bridgehead atoms. The first kappa shape index (κ1) is 12.0. The van der Waals surface area contributed by atoms with Crippen molar-refractivity contribution in [3.63, 3.8) is 0 Å². The van der Waals surface area contributed by atoms with Crippen LogP contribution in [-0.4, -0.2) is 34.3 Å². The number of nitrogens with zero attached hydrogens (tertiary/aromatic N) is 1. The van der Waals surface area contributed by atoms with Crippen LogP contribution in [0.5, 0.6) is 0 Å². The Morgan fingerprint density at radius 2 is 2.07 bits per heavy atom. The maximum absolute atomic E-state index is 13.4. The normalized spacial score (nSPS) is 38.4. The Balaban J connectivity index is 1.97. The van der Waals surface area contributed by atoms with Crippen LogP contribution in [0.4, 0.5) is 4.39 Å². The van der Waals surface area contributed by atoms with Crippen molar-refractivity contribution in [1.29, 1.82) is 0 Å². The molecular weight excluding hydrogens is 306 g/mol. The van der Waals surface area contributed by atoms with Crippen molar-refractivity contribution in [3.05, 3.63) is 0 Å². The Bertz CT molecular complexity index is 227. The van der Waals surface area contributed by atoms with E-state index in [0.29, 0.717) is 16.9 Å². The van der Waals surface area contributed by atoms with Crippen LogP contribution in [0.25, 0.3) is 0 Å². The van der Waals surface area contributed by atoms with Gasteiger partial charge in [-0.1, -0.05) is 22.6 Å². The molecule has 0 aromatic rings. The fraction of sp³-hybridized carbons (Fsp3) is 1.00.